The molecule has 0 saturated heterocycles. The Bertz CT molecular complexity index is 842. The molecule has 3 rings (SSSR count). The fraction of sp³-hybridized carbons (Fsp3) is 0.176. The minimum atomic E-state index is -0.600. The van der Waals surface area contributed by atoms with Gasteiger partial charge in [0.2, 0.25) is 5.91 Å². The molecule has 0 unspecified atom stereocenters. The number of methoxy groups -OCH3 is 1. The smallest absolute Gasteiger partial charge is 0.319 e. The van der Waals surface area contributed by atoms with Crippen LogP contribution in [0.2, 0.25) is 0 Å². The van der Waals surface area contributed by atoms with Crippen molar-refractivity contribution in [3.8, 4) is 5.75 Å². The van der Waals surface area contributed by atoms with Crippen molar-refractivity contribution in [2.45, 2.75) is 13.0 Å². The summed E-state index contributed by atoms with van der Waals surface area (Å²) in [7, 11) is 1.60. The largest absolute Gasteiger partial charge is 0.496 e. The van der Waals surface area contributed by atoms with Crippen LogP contribution in [-0.2, 0) is 4.79 Å². The molecule has 6 heteroatoms. The van der Waals surface area contributed by atoms with Crippen molar-refractivity contribution in [1.82, 2.24) is 10.6 Å². The van der Waals surface area contributed by atoms with E-state index in [1.54, 1.807) is 14.0 Å². The fourth-order valence-corrected chi connectivity index (χ4v) is 2.98. The predicted octanol–water partition coefficient (Wildman–Crippen LogP) is 1.96. The zero-order chi connectivity index (χ0) is 16.6. The fourth-order valence-electron chi connectivity index (χ4n) is 2.98. The van der Waals surface area contributed by atoms with Gasteiger partial charge in [0.15, 0.2) is 0 Å². The van der Waals surface area contributed by atoms with Gasteiger partial charge in [-0.3, -0.25) is 4.79 Å². The van der Waals surface area contributed by atoms with Gasteiger partial charge in [-0.15, -0.1) is 0 Å². The first-order chi connectivity index (χ1) is 11.0. The summed E-state index contributed by atoms with van der Waals surface area (Å²) in [6.45, 7) is 1.66. The molecule has 1 aliphatic heterocycles. The molecule has 3 amide bonds. The van der Waals surface area contributed by atoms with E-state index in [-0.39, 0.29) is 6.03 Å². The summed E-state index contributed by atoms with van der Waals surface area (Å²) in [5.41, 5.74) is 7.13. The van der Waals surface area contributed by atoms with Gasteiger partial charge < -0.3 is 21.1 Å². The molecule has 118 valence electrons. The molecule has 0 spiro atoms. The zero-order valence-electron chi connectivity index (χ0n) is 12.8. The molecule has 2 aromatic rings. The van der Waals surface area contributed by atoms with Gasteiger partial charge in [-0.2, -0.15) is 0 Å². The Hall–Kier alpha value is -3.02. The molecule has 0 bridgehead atoms. The maximum atomic E-state index is 11.9. The molecule has 0 aromatic heterocycles. The van der Waals surface area contributed by atoms with Crippen molar-refractivity contribution in [3.63, 3.8) is 0 Å². The molecule has 6 nitrogen and oxygen atoms in total. The van der Waals surface area contributed by atoms with E-state index in [4.69, 9.17) is 10.5 Å². The van der Waals surface area contributed by atoms with Gasteiger partial charge >= 0.3 is 6.03 Å². The third-order valence-electron chi connectivity index (χ3n) is 3.98. The Morgan fingerprint density at radius 1 is 1.17 bits per heavy atom. The van der Waals surface area contributed by atoms with E-state index in [1.807, 2.05) is 36.4 Å². The second-order valence-corrected chi connectivity index (χ2v) is 5.34. The number of fused-ring (bicyclic) bond motifs is 1. The molecule has 0 fully saturated rings. The molecule has 0 saturated carbocycles. The van der Waals surface area contributed by atoms with Crippen LogP contribution < -0.4 is 21.1 Å². The highest BCUT2D eigenvalue weighted by Gasteiger charge is 2.31. The lowest BCUT2D eigenvalue weighted by atomic mass is 9.91. The summed E-state index contributed by atoms with van der Waals surface area (Å²) in [5, 5.41) is 7.16. The van der Waals surface area contributed by atoms with Crippen molar-refractivity contribution in [1.29, 1.82) is 0 Å². The number of amides is 3. The number of nitrogens with one attached hydrogen (secondary N) is 2. The lowest BCUT2D eigenvalue weighted by Crippen LogP contribution is -2.46. The zero-order valence-corrected chi connectivity index (χ0v) is 12.8. The van der Waals surface area contributed by atoms with E-state index in [1.165, 1.54) is 0 Å². The molecule has 1 aliphatic rings. The summed E-state index contributed by atoms with van der Waals surface area (Å²) < 4.78 is 5.38. The minimum absolute atomic E-state index is 0.347. The van der Waals surface area contributed by atoms with Crippen LogP contribution in [0.5, 0.6) is 5.75 Å². The molecule has 23 heavy (non-hydrogen) atoms. The molecule has 1 heterocycles. The lowest BCUT2D eigenvalue weighted by molar-refractivity contribution is -0.115. The van der Waals surface area contributed by atoms with Crippen LogP contribution >= 0.6 is 0 Å². The van der Waals surface area contributed by atoms with Crippen molar-refractivity contribution < 1.29 is 14.3 Å². The van der Waals surface area contributed by atoms with E-state index in [2.05, 4.69) is 10.6 Å². The SMILES string of the molecule is COc1ccc([C@H]2NC(=O)NC(C)=C2C(N)=O)c2ccccc12. The number of carbonyl (C=O) groups is 2. The molecule has 0 radical (unpaired) electrons. The Morgan fingerprint density at radius 2 is 1.87 bits per heavy atom. The molecular formula is C17H17N3O3. The van der Waals surface area contributed by atoms with Crippen molar-refractivity contribution in [2.24, 2.45) is 5.73 Å². The number of nitrogens with two attached hydrogens (primary N) is 1. The number of ether oxygens (including phenoxy) is 1. The van der Waals surface area contributed by atoms with Gasteiger partial charge in [0, 0.05) is 11.1 Å². The summed E-state index contributed by atoms with van der Waals surface area (Å²) >= 11 is 0. The quantitative estimate of drug-likeness (QED) is 0.809. The molecule has 1 atom stereocenters. The highest BCUT2D eigenvalue weighted by atomic mass is 16.5. The first kappa shape index (κ1) is 14.9. The van der Waals surface area contributed by atoms with Crippen LogP contribution in [-0.4, -0.2) is 19.0 Å². The second kappa shape index (κ2) is 5.64. The van der Waals surface area contributed by atoms with Gasteiger partial charge in [-0.25, -0.2) is 4.79 Å². The van der Waals surface area contributed by atoms with Gasteiger partial charge in [0.05, 0.1) is 18.7 Å². The van der Waals surface area contributed by atoms with E-state index >= 15 is 0 Å². The maximum absolute atomic E-state index is 11.9. The standard InChI is InChI=1S/C17H17N3O3/c1-9-14(16(18)21)15(20-17(22)19-9)12-7-8-13(23-2)11-6-4-3-5-10(11)12/h3-8,15H,1-2H3,(H2,18,21)(H2,19,20,22)/t15-/m1/s1. The minimum Gasteiger partial charge on any atom is -0.496 e. The van der Waals surface area contributed by atoms with Gasteiger partial charge in [0.25, 0.3) is 0 Å². The summed E-state index contributed by atoms with van der Waals surface area (Å²) in [5.74, 6) is 0.158. The van der Waals surface area contributed by atoms with Gasteiger partial charge in [0.1, 0.15) is 5.75 Å². The normalized spacial score (nSPS) is 17.7. The van der Waals surface area contributed by atoms with Crippen LogP contribution in [0.4, 0.5) is 4.79 Å². The van der Waals surface area contributed by atoms with Gasteiger partial charge in [-0.1, -0.05) is 30.3 Å². The van der Waals surface area contributed by atoms with Crippen molar-refractivity contribution in [2.75, 3.05) is 7.11 Å². The monoisotopic (exact) mass is 311 g/mol. The van der Waals surface area contributed by atoms with Crippen molar-refractivity contribution >= 4 is 22.7 Å². The molecule has 4 N–H and O–H groups in total. The average molecular weight is 311 g/mol. The lowest BCUT2D eigenvalue weighted by Gasteiger charge is -2.28. The van der Waals surface area contributed by atoms with Crippen LogP contribution in [0.1, 0.15) is 18.5 Å². The number of benzene rings is 2. The first-order valence-corrected chi connectivity index (χ1v) is 7.16. The Balaban J connectivity index is 2.25. The highest BCUT2D eigenvalue weighted by molar-refractivity contribution is 6.00. The Morgan fingerprint density at radius 3 is 2.52 bits per heavy atom. The van der Waals surface area contributed by atoms with Crippen LogP contribution in [0.25, 0.3) is 10.8 Å². The highest BCUT2D eigenvalue weighted by Crippen LogP contribution is 2.35. The third-order valence-corrected chi connectivity index (χ3v) is 3.98. The number of urea groups is 1. The van der Waals surface area contributed by atoms with Crippen LogP contribution in [0.3, 0.4) is 0 Å². The first-order valence-electron chi connectivity index (χ1n) is 7.16. The summed E-state index contributed by atoms with van der Waals surface area (Å²) in [6.07, 6.45) is 0. The van der Waals surface area contributed by atoms with Crippen molar-refractivity contribution in [3.05, 3.63) is 53.2 Å². The number of carbonyl (C=O) groups excluding carboxylic acids is 2. The predicted molar refractivity (Wildman–Crippen MR) is 86.8 cm³/mol. The Kier molecular flexibility index (Phi) is 3.65. The number of hydrogen-bond donors (Lipinski definition) is 3. The van der Waals surface area contributed by atoms with Crippen LogP contribution in [0.15, 0.2) is 47.7 Å². The Labute approximate surface area is 133 Å². The molecule has 2 aromatic carbocycles. The van der Waals surface area contributed by atoms with E-state index in [0.29, 0.717) is 11.3 Å². The third kappa shape index (κ3) is 2.48. The number of rotatable bonds is 3. The van der Waals surface area contributed by atoms with E-state index in [0.717, 1.165) is 22.1 Å². The van der Waals surface area contributed by atoms with E-state index in [9.17, 15) is 9.59 Å². The molecular weight excluding hydrogens is 294 g/mol. The number of allylic oxidation sites excluding steroid dienone is 1. The number of primary amides is 1. The van der Waals surface area contributed by atoms with Gasteiger partial charge in [-0.05, 0) is 23.9 Å². The van der Waals surface area contributed by atoms with Crippen LogP contribution in [0, 0.1) is 0 Å². The summed E-state index contributed by atoms with van der Waals surface area (Å²) in [6, 6.07) is 10.4. The number of hydrogen-bond acceptors (Lipinski definition) is 3. The maximum Gasteiger partial charge on any atom is 0.319 e. The van der Waals surface area contributed by atoms with E-state index < -0.39 is 11.9 Å². The second-order valence-electron chi connectivity index (χ2n) is 5.34. The summed E-state index contributed by atoms with van der Waals surface area (Å²) in [4.78, 5) is 23.7. The average Bonchev–Trinajstić information content (AvgIpc) is 2.52. The topological polar surface area (TPSA) is 93.4 Å². The molecule has 0 aliphatic carbocycles.